The van der Waals surface area contributed by atoms with Crippen LogP contribution in [0, 0.1) is 13.8 Å². The number of fused-ring (bicyclic) bond motifs is 1. The molecule has 0 saturated carbocycles. The third-order valence-corrected chi connectivity index (χ3v) is 4.99. The minimum Gasteiger partial charge on any atom is -0.349 e. The molecule has 0 aliphatic rings. The number of hydrogen-bond acceptors (Lipinski definition) is 4. The van der Waals surface area contributed by atoms with Gasteiger partial charge in [-0.2, -0.15) is 5.10 Å². The summed E-state index contributed by atoms with van der Waals surface area (Å²) in [6.45, 7) is 12.3. The van der Waals surface area contributed by atoms with Crippen LogP contribution in [0.3, 0.4) is 0 Å². The first kappa shape index (κ1) is 17.4. The van der Waals surface area contributed by atoms with Crippen molar-refractivity contribution in [2.45, 2.75) is 33.7 Å². The van der Waals surface area contributed by atoms with Gasteiger partial charge in [0.25, 0.3) is 5.91 Å². The van der Waals surface area contributed by atoms with Crippen molar-refractivity contribution in [3.05, 3.63) is 46.3 Å². The predicted octanol–water partition coefficient (Wildman–Crippen LogP) is 4.27. The molecule has 1 N–H and O–H groups in total. The molecule has 0 saturated heterocycles. The predicted molar refractivity (Wildman–Crippen MR) is 103 cm³/mol. The zero-order valence-electron chi connectivity index (χ0n) is 15.0. The summed E-state index contributed by atoms with van der Waals surface area (Å²) in [5.74, 6) is -0.138. The van der Waals surface area contributed by atoms with E-state index in [1.165, 1.54) is 9.75 Å². The van der Waals surface area contributed by atoms with E-state index in [-0.39, 0.29) is 11.9 Å². The average molecular weight is 354 g/mol. The normalized spacial score (nSPS) is 11.2. The molecule has 0 bridgehead atoms. The van der Waals surface area contributed by atoms with Gasteiger partial charge in [0.2, 0.25) is 0 Å². The summed E-state index contributed by atoms with van der Waals surface area (Å²) < 4.78 is 1.86. The molecule has 1 amide bonds. The van der Waals surface area contributed by atoms with E-state index in [0.717, 1.165) is 22.3 Å². The van der Waals surface area contributed by atoms with Crippen LogP contribution in [-0.4, -0.2) is 27.2 Å². The lowest BCUT2D eigenvalue weighted by Crippen LogP contribution is -2.23. The molecule has 0 aliphatic carbocycles. The Morgan fingerprint density at radius 1 is 1.40 bits per heavy atom. The van der Waals surface area contributed by atoms with E-state index in [0.29, 0.717) is 12.1 Å². The maximum atomic E-state index is 12.6. The highest BCUT2D eigenvalue weighted by molar-refractivity contribution is 7.12. The van der Waals surface area contributed by atoms with Gasteiger partial charge in [-0.1, -0.05) is 6.08 Å². The van der Waals surface area contributed by atoms with Gasteiger partial charge in [-0.15, -0.1) is 17.9 Å². The van der Waals surface area contributed by atoms with E-state index < -0.39 is 0 Å². The Bertz CT molecular complexity index is 952. The van der Waals surface area contributed by atoms with Crippen molar-refractivity contribution in [2.24, 2.45) is 0 Å². The number of amides is 1. The third kappa shape index (κ3) is 3.22. The van der Waals surface area contributed by atoms with Gasteiger partial charge in [0, 0.05) is 27.9 Å². The molecule has 3 aromatic rings. The van der Waals surface area contributed by atoms with E-state index >= 15 is 0 Å². The number of carbonyl (C=O) groups is 1. The van der Waals surface area contributed by atoms with Crippen molar-refractivity contribution in [1.29, 1.82) is 0 Å². The molecule has 130 valence electrons. The molecule has 0 atom stereocenters. The Hall–Kier alpha value is -2.47. The number of nitrogens with zero attached hydrogens (tertiary/aromatic N) is 3. The minimum atomic E-state index is -0.138. The van der Waals surface area contributed by atoms with Crippen LogP contribution in [0.2, 0.25) is 0 Å². The van der Waals surface area contributed by atoms with E-state index in [9.17, 15) is 4.79 Å². The molecule has 3 rings (SSSR count). The smallest absolute Gasteiger partial charge is 0.252 e. The largest absolute Gasteiger partial charge is 0.349 e. The highest BCUT2D eigenvalue weighted by atomic mass is 32.1. The molecule has 0 fully saturated rings. The summed E-state index contributed by atoms with van der Waals surface area (Å²) in [6, 6.07) is 4.15. The number of carbonyl (C=O) groups excluding carboxylic acids is 1. The van der Waals surface area contributed by atoms with Gasteiger partial charge in [-0.25, -0.2) is 9.67 Å². The molecule has 0 radical (unpaired) electrons. The second kappa shape index (κ2) is 6.80. The van der Waals surface area contributed by atoms with Gasteiger partial charge in [-0.3, -0.25) is 4.79 Å². The van der Waals surface area contributed by atoms with Crippen molar-refractivity contribution in [1.82, 2.24) is 20.1 Å². The molecular weight excluding hydrogens is 332 g/mol. The Kier molecular flexibility index (Phi) is 4.72. The zero-order valence-corrected chi connectivity index (χ0v) is 15.8. The molecule has 5 nitrogen and oxygen atoms in total. The zero-order chi connectivity index (χ0) is 18.1. The van der Waals surface area contributed by atoms with Crippen molar-refractivity contribution < 1.29 is 4.79 Å². The van der Waals surface area contributed by atoms with Gasteiger partial charge in [0.05, 0.1) is 22.8 Å². The topological polar surface area (TPSA) is 59.8 Å². The average Bonchev–Trinajstić information content (AvgIpc) is 3.14. The van der Waals surface area contributed by atoms with Crippen molar-refractivity contribution in [3.8, 4) is 11.3 Å². The number of nitrogens with one attached hydrogen (secondary N) is 1. The summed E-state index contributed by atoms with van der Waals surface area (Å²) in [6.07, 6.45) is 3.39. The molecule has 0 unspecified atom stereocenters. The molecule has 3 aromatic heterocycles. The lowest BCUT2D eigenvalue weighted by molar-refractivity contribution is 0.0959. The van der Waals surface area contributed by atoms with Crippen LogP contribution in [0.5, 0.6) is 0 Å². The monoisotopic (exact) mass is 354 g/mol. The quantitative estimate of drug-likeness (QED) is 0.696. The summed E-state index contributed by atoms with van der Waals surface area (Å²) in [4.78, 5) is 19.9. The van der Waals surface area contributed by atoms with E-state index in [1.807, 2.05) is 10.7 Å². The fourth-order valence-corrected chi connectivity index (χ4v) is 3.80. The molecule has 0 aliphatic heterocycles. The fraction of sp³-hybridized carbons (Fsp3) is 0.316. The minimum absolute atomic E-state index is 0.138. The second-order valence-corrected chi connectivity index (χ2v) is 7.76. The molecule has 6 heteroatoms. The SMILES string of the molecule is C=CCNC(=O)c1cc(-c2cc(C)sc2C)nc2c1cnn2C(C)C. The summed E-state index contributed by atoms with van der Waals surface area (Å²) in [7, 11) is 0. The van der Waals surface area contributed by atoms with Crippen LogP contribution in [0.4, 0.5) is 0 Å². The Morgan fingerprint density at radius 2 is 2.16 bits per heavy atom. The van der Waals surface area contributed by atoms with Crippen molar-refractivity contribution >= 4 is 28.3 Å². The Labute approximate surface area is 151 Å². The van der Waals surface area contributed by atoms with Crippen LogP contribution in [-0.2, 0) is 0 Å². The highest BCUT2D eigenvalue weighted by Crippen LogP contribution is 2.32. The van der Waals surface area contributed by atoms with Crippen LogP contribution in [0.1, 0.15) is 40.0 Å². The summed E-state index contributed by atoms with van der Waals surface area (Å²) in [5, 5.41) is 8.06. The van der Waals surface area contributed by atoms with E-state index in [4.69, 9.17) is 4.98 Å². The number of hydrogen-bond donors (Lipinski definition) is 1. The third-order valence-electron chi connectivity index (χ3n) is 4.02. The maximum Gasteiger partial charge on any atom is 0.252 e. The van der Waals surface area contributed by atoms with Gasteiger partial charge in [0.15, 0.2) is 5.65 Å². The Morgan fingerprint density at radius 3 is 2.76 bits per heavy atom. The Balaban J connectivity index is 2.24. The highest BCUT2D eigenvalue weighted by Gasteiger charge is 2.19. The number of rotatable bonds is 5. The second-order valence-electron chi connectivity index (χ2n) is 6.30. The van der Waals surface area contributed by atoms with Gasteiger partial charge >= 0.3 is 0 Å². The maximum absolute atomic E-state index is 12.6. The van der Waals surface area contributed by atoms with E-state index in [2.05, 4.69) is 50.8 Å². The first-order valence-corrected chi connectivity index (χ1v) is 9.08. The van der Waals surface area contributed by atoms with Crippen LogP contribution in [0.25, 0.3) is 22.3 Å². The molecular formula is C19H22N4OS. The molecule has 25 heavy (non-hydrogen) atoms. The summed E-state index contributed by atoms with van der Waals surface area (Å²) in [5.41, 5.74) is 3.20. The lowest BCUT2D eigenvalue weighted by atomic mass is 10.1. The molecule has 0 spiro atoms. The van der Waals surface area contributed by atoms with Gasteiger partial charge in [-0.05, 0) is 39.8 Å². The number of pyridine rings is 1. The van der Waals surface area contributed by atoms with Crippen LogP contribution in [0.15, 0.2) is 31.0 Å². The molecule has 0 aromatic carbocycles. The van der Waals surface area contributed by atoms with Crippen LogP contribution >= 0.6 is 11.3 Å². The van der Waals surface area contributed by atoms with E-state index in [1.54, 1.807) is 23.6 Å². The van der Waals surface area contributed by atoms with Crippen LogP contribution < -0.4 is 5.32 Å². The lowest BCUT2D eigenvalue weighted by Gasteiger charge is -2.10. The van der Waals surface area contributed by atoms with Crippen molar-refractivity contribution in [2.75, 3.05) is 6.54 Å². The fourth-order valence-electron chi connectivity index (χ4n) is 2.87. The standard InChI is InChI=1S/C19H22N4OS/c1-6-7-20-19(24)15-9-17(14-8-12(4)25-13(14)5)22-18-16(15)10-21-23(18)11(2)3/h6,8-11H,1,7H2,2-5H3,(H,20,24). The molecule has 3 heterocycles. The first-order valence-electron chi connectivity index (χ1n) is 8.27. The van der Waals surface area contributed by atoms with Crippen molar-refractivity contribution in [3.63, 3.8) is 0 Å². The summed E-state index contributed by atoms with van der Waals surface area (Å²) >= 11 is 1.73. The van der Waals surface area contributed by atoms with Gasteiger partial charge < -0.3 is 5.32 Å². The van der Waals surface area contributed by atoms with Gasteiger partial charge in [0.1, 0.15) is 0 Å². The number of aryl methyl sites for hydroxylation is 2. The number of aromatic nitrogens is 3. The first-order chi connectivity index (χ1) is 11.9. The number of thiophene rings is 1.